The molecular formula is C40H46N2O19. The fraction of sp³-hybridized carbons (Fsp3) is 0.500. The Hall–Kier alpha value is -6.32. The number of benzene rings is 2. The molecule has 330 valence electrons. The minimum absolute atomic E-state index is 0.0666. The molecule has 1 amide bonds. The lowest BCUT2D eigenvalue weighted by Gasteiger charge is -2.50. The van der Waals surface area contributed by atoms with Crippen LogP contribution in [-0.2, 0) is 98.8 Å². The van der Waals surface area contributed by atoms with Gasteiger partial charge in [0.15, 0.2) is 36.7 Å². The third-order valence-electron chi connectivity index (χ3n) is 8.89. The van der Waals surface area contributed by atoms with Gasteiger partial charge in [0.2, 0.25) is 6.29 Å². The van der Waals surface area contributed by atoms with Gasteiger partial charge in [-0.15, -0.1) is 0 Å². The number of carbonyl (C=O) groups is 7. The van der Waals surface area contributed by atoms with Crippen molar-refractivity contribution in [1.82, 2.24) is 5.01 Å². The molecule has 0 bridgehead atoms. The van der Waals surface area contributed by atoms with E-state index in [1.807, 2.05) is 6.07 Å². The minimum atomic E-state index is -1.85. The Morgan fingerprint density at radius 2 is 1.05 bits per heavy atom. The molecule has 21 heteroatoms. The van der Waals surface area contributed by atoms with E-state index in [1.165, 1.54) is 0 Å². The number of hydrazone groups is 1. The topological polar surface area (TPSA) is 246 Å². The molecule has 0 N–H and O–H groups in total. The maximum atomic E-state index is 14.0. The number of amides is 1. The minimum Gasteiger partial charge on any atom is -0.463 e. The molecule has 61 heavy (non-hydrogen) atoms. The summed E-state index contributed by atoms with van der Waals surface area (Å²) in [5.41, 5.74) is 1.33. The predicted octanol–water partition coefficient (Wildman–Crippen LogP) is 2.20. The third-order valence-corrected chi connectivity index (χ3v) is 8.89. The lowest BCUT2D eigenvalue weighted by molar-refractivity contribution is -0.352. The molecule has 2 saturated heterocycles. The van der Waals surface area contributed by atoms with E-state index >= 15 is 0 Å². The van der Waals surface area contributed by atoms with Crippen LogP contribution in [0, 0.1) is 0 Å². The second-order valence-corrected chi connectivity index (χ2v) is 13.7. The van der Waals surface area contributed by atoms with Gasteiger partial charge in [0.1, 0.15) is 44.7 Å². The number of rotatable bonds is 14. The number of ether oxygens (including phenoxy) is 12. The summed E-state index contributed by atoms with van der Waals surface area (Å²) in [6.45, 7) is 4.94. The Morgan fingerprint density at radius 3 is 1.59 bits per heavy atom. The number of fused-ring (bicyclic) bond motifs is 1. The summed E-state index contributed by atoms with van der Waals surface area (Å²) in [5, 5.41) is 5.07. The lowest BCUT2D eigenvalue weighted by Crippen LogP contribution is -2.70. The van der Waals surface area contributed by atoms with Gasteiger partial charge < -0.3 is 56.8 Å². The molecule has 0 saturated carbocycles. The molecule has 10 atom stereocenters. The zero-order valence-electron chi connectivity index (χ0n) is 34.0. The second-order valence-electron chi connectivity index (χ2n) is 13.7. The Balaban J connectivity index is 1.59. The molecule has 3 aliphatic heterocycles. The highest BCUT2D eigenvalue weighted by atomic mass is 16.8. The highest BCUT2D eigenvalue weighted by molar-refractivity contribution is 5.75. The van der Waals surface area contributed by atoms with Gasteiger partial charge in [0, 0.05) is 41.5 Å². The first-order valence-electron chi connectivity index (χ1n) is 18.9. The van der Waals surface area contributed by atoms with Crippen molar-refractivity contribution < 1.29 is 90.4 Å². The Morgan fingerprint density at radius 1 is 0.557 bits per heavy atom. The molecular weight excluding hydrogens is 812 g/mol. The number of carbonyl (C=O) groups excluding carboxylic acids is 7. The summed E-state index contributed by atoms with van der Waals surface area (Å²) in [7, 11) is 0. The molecule has 0 spiro atoms. The fourth-order valence-electron chi connectivity index (χ4n) is 6.53. The van der Waals surface area contributed by atoms with E-state index in [9.17, 15) is 33.6 Å². The molecule has 0 aromatic heterocycles. The zero-order valence-corrected chi connectivity index (χ0v) is 34.0. The summed E-state index contributed by atoms with van der Waals surface area (Å²) >= 11 is 0. The summed E-state index contributed by atoms with van der Waals surface area (Å²) in [6, 6.07) is 16.1. The smallest absolute Gasteiger partial charge is 0.431 e. The van der Waals surface area contributed by atoms with Crippen LogP contribution in [0.1, 0.15) is 52.7 Å². The van der Waals surface area contributed by atoms with Crippen LogP contribution in [0.5, 0.6) is 0 Å². The summed E-state index contributed by atoms with van der Waals surface area (Å²) in [5.74, 6) is -5.14. The molecule has 3 aliphatic rings. The fourth-order valence-corrected chi connectivity index (χ4v) is 6.53. The van der Waals surface area contributed by atoms with Crippen LogP contribution in [0.15, 0.2) is 65.8 Å². The number of hydrogen-bond acceptors (Lipinski definition) is 20. The van der Waals surface area contributed by atoms with Crippen LogP contribution in [0.4, 0.5) is 4.79 Å². The van der Waals surface area contributed by atoms with Crippen molar-refractivity contribution in [2.24, 2.45) is 5.10 Å². The maximum Gasteiger partial charge on any atom is 0.431 e. The zero-order chi connectivity index (χ0) is 44.2. The van der Waals surface area contributed by atoms with E-state index in [-0.39, 0.29) is 13.2 Å². The summed E-state index contributed by atoms with van der Waals surface area (Å²) in [6.07, 6.45) is -16.1. The van der Waals surface area contributed by atoms with Crippen molar-refractivity contribution in [3.05, 3.63) is 71.8 Å². The highest BCUT2D eigenvalue weighted by Crippen LogP contribution is 2.37. The quantitative estimate of drug-likeness (QED) is 0.195. The first-order chi connectivity index (χ1) is 29.1. The van der Waals surface area contributed by atoms with E-state index in [0.717, 1.165) is 46.6 Å². The molecule has 2 fully saturated rings. The van der Waals surface area contributed by atoms with Gasteiger partial charge in [0.25, 0.3) is 0 Å². The molecule has 2 aromatic carbocycles. The van der Waals surface area contributed by atoms with Gasteiger partial charge in [-0.25, -0.2) is 4.79 Å². The van der Waals surface area contributed by atoms with Gasteiger partial charge in [-0.2, -0.15) is 5.01 Å². The largest absolute Gasteiger partial charge is 0.463 e. The molecule has 5 rings (SSSR count). The van der Waals surface area contributed by atoms with Crippen molar-refractivity contribution in [3.63, 3.8) is 0 Å². The van der Waals surface area contributed by atoms with E-state index in [1.54, 1.807) is 54.6 Å². The van der Waals surface area contributed by atoms with Crippen molar-refractivity contribution in [3.8, 4) is 0 Å². The first-order valence-corrected chi connectivity index (χ1v) is 18.9. The van der Waals surface area contributed by atoms with Crippen molar-refractivity contribution in [1.29, 1.82) is 0 Å². The molecule has 3 heterocycles. The molecule has 0 radical (unpaired) electrons. The van der Waals surface area contributed by atoms with Gasteiger partial charge in [-0.3, -0.25) is 28.8 Å². The maximum absolute atomic E-state index is 14.0. The number of esters is 6. The van der Waals surface area contributed by atoms with Crippen molar-refractivity contribution in [2.45, 2.75) is 116 Å². The van der Waals surface area contributed by atoms with E-state index < -0.39 is 123 Å². The Bertz CT molecular complexity index is 1910. The summed E-state index contributed by atoms with van der Waals surface area (Å²) in [4.78, 5) is 88.5. The van der Waals surface area contributed by atoms with Gasteiger partial charge in [-0.05, 0) is 11.1 Å². The van der Waals surface area contributed by atoms with Gasteiger partial charge in [-0.1, -0.05) is 65.8 Å². The molecule has 0 unspecified atom stereocenters. The average molecular weight is 859 g/mol. The van der Waals surface area contributed by atoms with E-state index in [2.05, 4.69) is 5.10 Å². The SMILES string of the molecule is CC(=O)OC[C@H]1O[C@@H](O[C@H]2[C@H](OC(C)=O)[C@@H]3[C@@H](OC(OCc4ccccc4)=NN3C(=O)OCc3ccccc3)O[C@@H]2COC(C)=O)[C@H](OC(C)=O)[C@@H](OC(C)=O)[C@H]1OC(C)=O. The van der Waals surface area contributed by atoms with Crippen LogP contribution >= 0.6 is 0 Å². The van der Waals surface area contributed by atoms with Crippen molar-refractivity contribution in [2.75, 3.05) is 13.2 Å². The van der Waals surface area contributed by atoms with Crippen LogP contribution in [0.3, 0.4) is 0 Å². The monoisotopic (exact) mass is 858 g/mol. The Kier molecular flexibility index (Phi) is 16.0. The number of hydrogen-bond donors (Lipinski definition) is 0. The van der Waals surface area contributed by atoms with Gasteiger partial charge >= 0.3 is 48.0 Å². The third kappa shape index (κ3) is 12.8. The first kappa shape index (κ1) is 45.8. The highest BCUT2D eigenvalue weighted by Gasteiger charge is 2.60. The molecule has 0 aliphatic carbocycles. The van der Waals surface area contributed by atoms with Crippen molar-refractivity contribution >= 4 is 48.0 Å². The van der Waals surface area contributed by atoms with E-state index in [0.29, 0.717) is 11.1 Å². The van der Waals surface area contributed by atoms with Crippen LogP contribution in [0.25, 0.3) is 0 Å². The van der Waals surface area contributed by atoms with Crippen LogP contribution in [0.2, 0.25) is 0 Å². The molecule has 2 aromatic rings. The molecule has 21 nitrogen and oxygen atoms in total. The van der Waals surface area contributed by atoms with Gasteiger partial charge in [0.05, 0.1) is 0 Å². The average Bonchev–Trinajstić information content (AvgIpc) is 3.20. The summed E-state index contributed by atoms with van der Waals surface area (Å²) < 4.78 is 69.3. The van der Waals surface area contributed by atoms with Crippen LogP contribution in [-0.4, -0.2) is 128 Å². The predicted molar refractivity (Wildman–Crippen MR) is 200 cm³/mol. The lowest BCUT2D eigenvalue weighted by atomic mass is 9.94. The standard InChI is InChI=1S/C40H46N2O19/c1-21(43)50-19-29-32(60-38-36(57-26(6)48)35(56-25(5)47)33(54-23(3)45)30(59-38)20-51-22(2)44)34(55-24(4)46)31-37(58-29)61-39(52-17-27-13-9-7-10-14-27)41-42(31)40(49)53-18-28-15-11-8-12-16-28/h7-16,29-38H,17-20H2,1-6H3/t29-,30-,31-,32-,33+,34-,35+,36-,37-,38+/m1/s1. The normalized spacial score (nSPS) is 26.7. The Labute approximate surface area is 349 Å². The second kappa shape index (κ2) is 21.3. The van der Waals surface area contributed by atoms with Crippen LogP contribution < -0.4 is 0 Å². The van der Waals surface area contributed by atoms with E-state index in [4.69, 9.17) is 56.8 Å². The number of nitrogens with zero attached hydrogens (tertiary/aromatic N) is 2.